The highest BCUT2D eigenvalue weighted by Gasteiger charge is 2.26. The molecule has 10 rings (SSSR count). The van der Waals surface area contributed by atoms with E-state index in [-0.39, 0.29) is 11.8 Å². The zero-order valence-corrected chi connectivity index (χ0v) is 31.0. The second-order valence-corrected chi connectivity index (χ2v) is 15.7. The number of hydrogen-bond donors (Lipinski definition) is 0. The van der Waals surface area contributed by atoms with Crippen molar-refractivity contribution in [1.82, 2.24) is 19.1 Å². The Labute approximate surface area is 312 Å². The van der Waals surface area contributed by atoms with Gasteiger partial charge in [0.2, 0.25) is 0 Å². The number of aromatic nitrogens is 4. The summed E-state index contributed by atoms with van der Waals surface area (Å²) < 4.78 is 7.39. The summed E-state index contributed by atoms with van der Waals surface area (Å²) in [6.45, 7) is 9.23. The van der Waals surface area contributed by atoms with Gasteiger partial charge in [-0.3, -0.25) is 9.55 Å². The lowest BCUT2D eigenvalue weighted by Gasteiger charge is -2.24. The number of pyridine rings is 1. The molecule has 4 aromatic heterocycles. The number of para-hydroxylation sites is 2. The molecular weight excluding hydrogens is 665 g/mol. The molecule has 53 heavy (non-hydrogen) atoms. The van der Waals surface area contributed by atoms with E-state index < -0.39 is 0 Å². The van der Waals surface area contributed by atoms with E-state index in [1.807, 2.05) is 23.7 Å². The first-order valence-electron chi connectivity index (χ1n) is 18.5. The first-order chi connectivity index (χ1) is 26.0. The van der Waals surface area contributed by atoms with Crippen LogP contribution in [-0.2, 0) is 0 Å². The lowest BCUT2D eigenvalue weighted by atomic mass is 9.88. The second-order valence-electron chi connectivity index (χ2n) is 14.6. The Kier molecular flexibility index (Phi) is 7.34. The van der Waals surface area contributed by atoms with Crippen molar-refractivity contribution in [2.45, 2.75) is 39.5 Å². The molecule has 0 aliphatic rings. The Bertz CT molecular complexity index is 2930. The van der Waals surface area contributed by atoms with Gasteiger partial charge in [-0.05, 0) is 82.6 Å². The lowest BCUT2D eigenvalue weighted by molar-refractivity contribution is 0.812. The van der Waals surface area contributed by atoms with Gasteiger partial charge in [0.05, 0.1) is 34.1 Å². The van der Waals surface area contributed by atoms with Gasteiger partial charge in [-0.2, -0.15) is 0 Å². The van der Waals surface area contributed by atoms with Gasteiger partial charge < -0.3 is 4.57 Å². The largest absolute Gasteiger partial charge is 0.309 e. The van der Waals surface area contributed by atoms with E-state index in [9.17, 15) is 0 Å². The Balaban J connectivity index is 1.32. The molecule has 4 heterocycles. The highest BCUT2D eigenvalue weighted by molar-refractivity contribution is 7.26. The topological polar surface area (TPSA) is 35.6 Å². The number of hydrogen-bond acceptors (Lipinski definition) is 3. The van der Waals surface area contributed by atoms with Gasteiger partial charge >= 0.3 is 0 Å². The van der Waals surface area contributed by atoms with E-state index in [4.69, 9.17) is 4.98 Å². The minimum atomic E-state index is 0.278. The van der Waals surface area contributed by atoms with Gasteiger partial charge in [-0.15, -0.1) is 11.3 Å². The van der Waals surface area contributed by atoms with E-state index >= 15 is 0 Å². The molecule has 256 valence electrons. The van der Waals surface area contributed by atoms with E-state index in [0.717, 1.165) is 22.4 Å². The molecular formula is C48H38N4S. The fourth-order valence-electron chi connectivity index (χ4n) is 8.31. The normalized spacial score (nSPS) is 12.1. The number of fused-ring (bicyclic) bond motifs is 7. The van der Waals surface area contributed by atoms with E-state index in [0.29, 0.717) is 0 Å². The third-order valence-electron chi connectivity index (χ3n) is 10.8. The van der Waals surface area contributed by atoms with Crippen LogP contribution in [0.15, 0.2) is 146 Å². The standard InChI is InChI=1S/C48H38N4S/c1-29(2)37-26-32(31-14-6-5-7-15-31)27-38(30(3)4)46(37)52-42-24-25-49-28-39(42)50-48(52)36-22-23-43(45-35-18-10-13-21-44(35)53-47(36)45)51-40-19-11-8-16-33(40)34-17-9-12-20-41(34)51/h5-30H,1-4H3. The molecule has 5 heteroatoms. The highest BCUT2D eigenvalue weighted by atomic mass is 32.1. The van der Waals surface area contributed by atoms with Crippen molar-refractivity contribution in [3.8, 4) is 33.9 Å². The Morgan fingerprint density at radius 1 is 0.566 bits per heavy atom. The van der Waals surface area contributed by atoms with Crippen LogP contribution in [0.4, 0.5) is 0 Å². The molecule has 0 bridgehead atoms. The SMILES string of the molecule is CC(C)c1cc(-c2ccccc2)cc(C(C)C)c1-n1c(-c2ccc(-n3c4ccccc4c4ccccc43)c3c2sc2ccccc23)nc2cnccc21. The van der Waals surface area contributed by atoms with Crippen molar-refractivity contribution >= 4 is 64.3 Å². The molecule has 0 amide bonds. The van der Waals surface area contributed by atoms with Crippen LogP contribution >= 0.6 is 11.3 Å². The Hall–Kier alpha value is -6.04. The first-order valence-corrected chi connectivity index (χ1v) is 19.3. The summed E-state index contributed by atoms with van der Waals surface area (Å²) in [4.78, 5) is 10.0. The third-order valence-corrected chi connectivity index (χ3v) is 12.0. The molecule has 0 spiro atoms. The average Bonchev–Trinajstić information content (AvgIpc) is 3.87. The maximum absolute atomic E-state index is 5.45. The van der Waals surface area contributed by atoms with Gasteiger partial charge in [0.25, 0.3) is 0 Å². The summed E-state index contributed by atoms with van der Waals surface area (Å²) >= 11 is 1.86. The quantitative estimate of drug-likeness (QED) is 0.173. The zero-order chi connectivity index (χ0) is 35.8. The maximum Gasteiger partial charge on any atom is 0.147 e. The summed E-state index contributed by atoms with van der Waals surface area (Å²) in [6, 6.07) is 48.7. The van der Waals surface area contributed by atoms with Crippen LogP contribution in [0.5, 0.6) is 0 Å². The van der Waals surface area contributed by atoms with Gasteiger partial charge in [-0.25, -0.2) is 4.98 Å². The molecule has 0 N–H and O–H groups in total. The monoisotopic (exact) mass is 702 g/mol. The van der Waals surface area contributed by atoms with Crippen molar-refractivity contribution < 1.29 is 0 Å². The van der Waals surface area contributed by atoms with E-state index in [1.54, 1.807) is 0 Å². The Morgan fingerprint density at radius 3 is 1.87 bits per heavy atom. The molecule has 10 aromatic rings. The van der Waals surface area contributed by atoms with Crippen molar-refractivity contribution in [3.05, 3.63) is 157 Å². The van der Waals surface area contributed by atoms with Crippen LogP contribution < -0.4 is 0 Å². The molecule has 0 aliphatic carbocycles. The molecule has 0 aliphatic heterocycles. The predicted octanol–water partition coefficient (Wildman–Crippen LogP) is 13.5. The van der Waals surface area contributed by atoms with Crippen molar-refractivity contribution in [2.75, 3.05) is 0 Å². The minimum absolute atomic E-state index is 0.278. The van der Waals surface area contributed by atoms with Gasteiger partial charge in [-0.1, -0.05) is 113 Å². The summed E-state index contributed by atoms with van der Waals surface area (Å²) in [7, 11) is 0. The number of thiophene rings is 1. The van der Waals surface area contributed by atoms with Crippen molar-refractivity contribution in [2.24, 2.45) is 0 Å². The fraction of sp³-hybridized carbons (Fsp3) is 0.125. The number of nitrogens with zero attached hydrogens (tertiary/aromatic N) is 4. The molecule has 0 saturated heterocycles. The number of rotatable bonds is 6. The lowest BCUT2D eigenvalue weighted by Crippen LogP contribution is -2.09. The average molecular weight is 703 g/mol. The maximum atomic E-state index is 5.45. The summed E-state index contributed by atoms with van der Waals surface area (Å²) in [5, 5.41) is 5.03. The predicted molar refractivity (Wildman–Crippen MR) is 225 cm³/mol. The molecule has 0 radical (unpaired) electrons. The smallest absolute Gasteiger partial charge is 0.147 e. The van der Waals surface area contributed by atoms with E-state index in [2.05, 4.69) is 175 Å². The van der Waals surface area contributed by atoms with E-state index in [1.165, 1.54) is 75.6 Å². The number of benzene rings is 6. The molecule has 0 atom stereocenters. The fourth-order valence-corrected chi connectivity index (χ4v) is 9.54. The minimum Gasteiger partial charge on any atom is -0.309 e. The van der Waals surface area contributed by atoms with Gasteiger partial charge in [0.1, 0.15) is 11.3 Å². The third kappa shape index (κ3) is 4.88. The summed E-state index contributed by atoms with van der Waals surface area (Å²) in [5.74, 6) is 1.50. The Morgan fingerprint density at radius 2 is 1.19 bits per heavy atom. The van der Waals surface area contributed by atoms with Crippen LogP contribution in [0.25, 0.3) is 86.9 Å². The molecule has 0 fully saturated rings. The van der Waals surface area contributed by atoms with Crippen molar-refractivity contribution in [1.29, 1.82) is 0 Å². The highest BCUT2D eigenvalue weighted by Crippen LogP contribution is 2.47. The second kappa shape index (κ2) is 12.3. The molecule has 0 unspecified atom stereocenters. The molecule has 4 nitrogen and oxygen atoms in total. The number of imidazole rings is 1. The van der Waals surface area contributed by atoms with Crippen LogP contribution in [0.2, 0.25) is 0 Å². The summed E-state index contributed by atoms with van der Waals surface area (Å²) in [6.07, 6.45) is 3.81. The summed E-state index contributed by atoms with van der Waals surface area (Å²) in [5.41, 5.74) is 13.0. The van der Waals surface area contributed by atoms with Crippen LogP contribution in [0, 0.1) is 0 Å². The van der Waals surface area contributed by atoms with Gasteiger partial charge in [0.15, 0.2) is 0 Å². The van der Waals surface area contributed by atoms with Crippen LogP contribution in [0.3, 0.4) is 0 Å². The van der Waals surface area contributed by atoms with Crippen LogP contribution in [-0.4, -0.2) is 19.1 Å². The zero-order valence-electron chi connectivity index (χ0n) is 30.2. The molecule has 0 saturated carbocycles. The molecule has 6 aromatic carbocycles. The first kappa shape index (κ1) is 31.7. The van der Waals surface area contributed by atoms with Gasteiger partial charge in [0, 0.05) is 42.7 Å². The van der Waals surface area contributed by atoms with Crippen molar-refractivity contribution in [3.63, 3.8) is 0 Å². The van der Waals surface area contributed by atoms with Crippen LogP contribution in [0.1, 0.15) is 50.7 Å².